The predicted molar refractivity (Wildman–Crippen MR) is 119 cm³/mol. The second kappa shape index (κ2) is 10.3. The first-order valence-electron chi connectivity index (χ1n) is 10.7. The number of para-hydroxylation sites is 1. The van der Waals surface area contributed by atoms with Gasteiger partial charge in [0.25, 0.3) is 0 Å². The van der Waals surface area contributed by atoms with Crippen LogP contribution >= 0.6 is 0 Å². The molecular formula is C24H28N4O4. The first-order valence-corrected chi connectivity index (χ1v) is 10.7. The molecule has 1 N–H and O–H groups in total. The highest BCUT2D eigenvalue weighted by molar-refractivity contribution is 5.78. The molecular weight excluding hydrogens is 408 g/mol. The second-order valence-electron chi connectivity index (χ2n) is 7.82. The summed E-state index contributed by atoms with van der Waals surface area (Å²) in [7, 11) is 3.27. The molecule has 0 spiro atoms. The van der Waals surface area contributed by atoms with E-state index in [2.05, 4.69) is 20.4 Å². The van der Waals surface area contributed by atoms with Gasteiger partial charge in [-0.25, -0.2) is 0 Å². The van der Waals surface area contributed by atoms with Gasteiger partial charge in [-0.1, -0.05) is 23.4 Å². The number of hydrogen-bond donors (Lipinski definition) is 1. The molecule has 0 unspecified atom stereocenters. The number of nitrogens with zero attached hydrogens (tertiary/aromatic N) is 3. The van der Waals surface area contributed by atoms with E-state index in [-0.39, 0.29) is 11.8 Å². The lowest BCUT2D eigenvalue weighted by Gasteiger charge is -2.30. The fraction of sp³-hybridized carbons (Fsp3) is 0.375. The lowest BCUT2D eigenvalue weighted by Crippen LogP contribution is -2.40. The fourth-order valence-electron chi connectivity index (χ4n) is 3.90. The Morgan fingerprint density at radius 2 is 1.84 bits per heavy atom. The van der Waals surface area contributed by atoms with E-state index < -0.39 is 0 Å². The number of aromatic nitrogens is 2. The summed E-state index contributed by atoms with van der Waals surface area (Å²) in [6.45, 7) is 2.68. The third-order valence-corrected chi connectivity index (χ3v) is 5.78. The number of nitrogens with one attached hydrogen (secondary N) is 1. The van der Waals surface area contributed by atoms with Crippen molar-refractivity contribution in [3.63, 3.8) is 0 Å². The van der Waals surface area contributed by atoms with Gasteiger partial charge in [-0.3, -0.25) is 9.69 Å². The zero-order valence-corrected chi connectivity index (χ0v) is 18.4. The molecule has 1 fully saturated rings. The molecule has 1 aliphatic heterocycles. The first kappa shape index (κ1) is 21.8. The van der Waals surface area contributed by atoms with E-state index in [9.17, 15) is 4.79 Å². The number of carbonyl (C=O) groups is 1. The highest BCUT2D eigenvalue weighted by atomic mass is 16.5. The quantitative estimate of drug-likeness (QED) is 0.580. The van der Waals surface area contributed by atoms with Crippen molar-refractivity contribution in [2.24, 2.45) is 5.92 Å². The third-order valence-electron chi connectivity index (χ3n) is 5.78. The molecule has 1 aliphatic rings. The number of carbonyl (C=O) groups excluding carboxylic acids is 1. The van der Waals surface area contributed by atoms with Crippen LogP contribution in [0.1, 0.15) is 24.3 Å². The van der Waals surface area contributed by atoms with Crippen LogP contribution in [0.25, 0.3) is 11.4 Å². The van der Waals surface area contributed by atoms with Gasteiger partial charge < -0.3 is 19.3 Å². The van der Waals surface area contributed by atoms with Crippen LogP contribution in [0.5, 0.6) is 11.5 Å². The number of rotatable bonds is 8. The van der Waals surface area contributed by atoms with Crippen LogP contribution in [0.2, 0.25) is 0 Å². The Bertz CT molecular complexity index is 1030. The Hall–Kier alpha value is -3.39. The van der Waals surface area contributed by atoms with Crippen LogP contribution in [-0.4, -0.2) is 48.3 Å². The normalized spacial score (nSPS) is 14.8. The van der Waals surface area contributed by atoms with Gasteiger partial charge in [0, 0.05) is 23.6 Å². The number of piperidine rings is 1. The van der Waals surface area contributed by atoms with Crippen LogP contribution in [0.3, 0.4) is 0 Å². The Labute approximate surface area is 187 Å². The smallest absolute Gasteiger partial charge is 0.241 e. The average molecular weight is 437 g/mol. The summed E-state index contributed by atoms with van der Waals surface area (Å²) in [6.07, 6.45) is 1.61. The van der Waals surface area contributed by atoms with Crippen molar-refractivity contribution >= 4 is 5.91 Å². The lowest BCUT2D eigenvalue weighted by molar-refractivity contribution is -0.126. The maximum Gasteiger partial charge on any atom is 0.241 e. The van der Waals surface area contributed by atoms with E-state index >= 15 is 0 Å². The summed E-state index contributed by atoms with van der Waals surface area (Å²) in [6, 6.07) is 15.3. The van der Waals surface area contributed by atoms with Crippen molar-refractivity contribution in [1.82, 2.24) is 20.4 Å². The zero-order chi connectivity index (χ0) is 22.3. The molecule has 1 amide bonds. The molecule has 32 heavy (non-hydrogen) atoms. The van der Waals surface area contributed by atoms with E-state index in [1.165, 1.54) is 0 Å². The number of methoxy groups -OCH3 is 2. The maximum atomic E-state index is 12.6. The molecule has 4 rings (SSSR count). The van der Waals surface area contributed by atoms with Gasteiger partial charge >= 0.3 is 0 Å². The lowest BCUT2D eigenvalue weighted by atomic mass is 9.96. The summed E-state index contributed by atoms with van der Waals surface area (Å²) >= 11 is 0. The Kier molecular flexibility index (Phi) is 7.01. The highest BCUT2D eigenvalue weighted by Crippen LogP contribution is 2.23. The molecule has 3 aromatic rings. The fourth-order valence-corrected chi connectivity index (χ4v) is 3.90. The monoisotopic (exact) mass is 436 g/mol. The zero-order valence-electron chi connectivity index (χ0n) is 18.4. The van der Waals surface area contributed by atoms with Crippen molar-refractivity contribution in [1.29, 1.82) is 0 Å². The van der Waals surface area contributed by atoms with Gasteiger partial charge in [0.15, 0.2) is 0 Å². The van der Waals surface area contributed by atoms with Crippen molar-refractivity contribution in [2.45, 2.75) is 25.9 Å². The average Bonchev–Trinajstić information content (AvgIpc) is 3.31. The maximum absolute atomic E-state index is 12.6. The molecule has 0 aliphatic carbocycles. The van der Waals surface area contributed by atoms with Crippen LogP contribution < -0.4 is 14.8 Å². The first-order chi connectivity index (χ1) is 15.7. The standard InChI is InChI=1S/C24H28N4O4/c1-30-20-9-7-17(8-10-20)23-26-22(32-27-23)16-28-13-11-18(12-14-28)24(29)25-15-19-5-3-4-6-21(19)31-2/h3-10,18H,11-16H2,1-2H3,(H,25,29). The third kappa shape index (κ3) is 5.26. The number of hydrogen-bond acceptors (Lipinski definition) is 7. The van der Waals surface area contributed by atoms with E-state index in [0.717, 1.165) is 48.6 Å². The molecule has 1 saturated heterocycles. The topological polar surface area (TPSA) is 89.7 Å². The molecule has 1 aromatic heterocycles. The van der Waals surface area contributed by atoms with Crippen LogP contribution in [0, 0.1) is 5.92 Å². The second-order valence-corrected chi connectivity index (χ2v) is 7.82. The summed E-state index contributed by atoms with van der Waals surface area (Å²) in [4.78, 5) is 19.4. The van der Waals surface area contributed by atoms with Gasteiger partial charge in [-0.05, 0) is 56.3 Å². The molecule has 2 aromatic carbocycles. The van der Waals surface area contributed by atoms with E-state index in [1.54, 1.807) is 14.2 Å². The van der Waals surface area contributed by atoms with Crippen LogP contribution in [0.15, 0.2) is 53.1 Å². The minimum atomic E-state index is 0.0125. The summed E-state index contributed by atoms with van der Waals surface area (Å²) in [5, 5.41) is 7.14. The van der Waals surface area contributed by atoms with E-state index in [4.69, 9.17) is 14.0 Å². The van der Waals surface area contributed by atoms with Crippen molar-refractivity contribution < 1.29 is 18.8 Å². The van der Waals surface area contributed by atoms with Crippen LogP contribution in [0.4, 0.5) is 0 Å². The molecule has 2 heterocycles. The van der Waals surface area contributed by atoms with Gasteiger partial charge in [0.2, 0.25) is 17.6 Å². The number of likely N-dealkylation sites (tertiary alicyclic amines) is 1. The van der Waals surface area contributed by atoms with Gasteiger partial charge in [-0.2, -0.15) is 4.98 Å². The van der Waals surface area contributed by atoms with E-state index in [0.29, 0.717) is 24.8 Å². The van der Waals surface area contributed by atoms with E-state index in [1.807, 2.05) is 48.5 Å². The van der Waals surface area contributed by atoms with Crippen molar-refractivity contribution in [3.8, 4) is 22.9 Å². The molecule has 8 heteroatoms. The van der Waals surface area contributed by atoms with Gasteiger partial charge in [0.05, 0.1) is 20.8 Å². The number of benzene rings is 2. The molecule has 168 valence electrons. The summed E-state index contributed by atoms with van der Waals surface area (Å²) in [5.41, 5.74) is 1.86. The Morgan fingerprint density at radius 1 is 1.09 bits per heavy atom. The van der Waals surface area contributed by atoms with Crippen molar-refractivity contribution in [3.05, 3.63) is 60.0 Å². The molecule has 0 atom stereocenters. The molecule has 8 nitrogen and oxygen atoms in total. The SMILES string of the molecule is COc1ccc(-c2noc(CN3CCC(C(=O)NCc4ccccc4OC)CC3)n2)cc1. The molecule has 0 saturated carbocycles. The van der Waals surface area contributed by atoms with Gasteiger partial charge in [-0.15, -0.1) is 0 Å². The molecule has 0 radical (unpaired) electrons. The Balaban J connectivity index is 1.25. The number of ether oxygens (including phenoxy) is 2. The van der Waals surface area contributed by atoms with Crippen molar-refractivity contribution in [2.75, 3.05) is 27.3 Å². The van der Waals surface area contributed by atoms with Crippen LogP contribution in [-0.2, 0) is 17.9 Å². The number of amides is 1. The molecule has 0 bridgehead atoms. The minimum absolute atomic E-state index is 0.0125. The summed E-state index contributed by atoms with van der Waals surface area (Å²) < 4.78 is 16.0. The predicted octanol–water partition coefficient (Wildman–Crippen LogP) is 3.28. The largest absolute Gasteiger partial charge is 0.497 e. The Morgan fingerprint density at radius 3 is 2.56 bits per heavy atom. The highest BCUT2D eigenvalue weighted by Gasteiger charge is 2.26. The van der Waals surface area contributed by atoms with Gasteiger partial charge in [0.1, 0.15) is 11.5 Å². The summed E-state index contributed by atoms with van der Waals surface area (Å²) in [5.74, 6) is 2.82. The minimum Gasteiger partial charge on any atom is -0.497 e.